The van der Waals surface area contributed by atoms with Crippen LogP contribution in [-0.2, 0) is 4.79 Å². The number of carboxylic acids is 1. The van der Waals surface area contributed by atoms with E-state index in [1.54, 1.807) is 0 Å². The smallest absolute Gasteiger partial charge is 0.326 e. The summed E-state index contributed by atoms with van der Waals surface area (Å²) in [6.45, 7) is 2.85. The summed E-state index contributed by atoms with van der Waals surface area (Å²) >= 11 is 0. The molecule has 120 valence electrons. The highest BCUT2D eigenvalue weighted by Gasteiger charge is 2.38. The van der Waals surface area contributed by atoms with Crippen LogP contribution in [0.25, 0.3) is 0 Å². The molecule has 7 nitrogen and oxygen atoms in total. The number of hydrogen-bond donors (Lipinski definition) is 3. The average molecular weight is 299 g/mol. The first-order chi connectivity index (χ1) is 9.97. The molecule has 0 aromatic heterocycles. The molecule has 2 saturated heterocycles. The number of hydrogen-bond acceptors (Lipinski definition) is 4. The van der Waals surface area contributed by atoms with Gasteiger partial charge in [0.25, 0.3) is 0 Å². The number of β-amino-alcohol motifs (C(OH)–C–C–N with tert-alkyl or cyclic N) is 1. The van der Waals surface area contributed by atoms with Gasteiger partial charge in [0.05, 0.1) is 6.10 Å². The SMILES string of the molecule is CN1CCC(CCNC(=O)N2C[C@H](O)C[C@H]2C(=O)O)CC1. The number of nitrogens with zero attached hydrogens (tertiary/aromatic N) is 2. The molecule has 0 radical (unpaired) electrons. The predicted molar refractivity (Wildman–Crippen MR) is 77.0 cm³/mol. The van der Waals surface area contributed by atoms with Crippen molar-refractivity contribution in [2.75, 3.05) is 33.2 Å². The molecule has 2 atom stereocenters. The Balaban J connectivity index is 1.73. The zero-order valence-corrected chi connectivity index (χ0v) is 12.5. The molecule has 2 aliphatic rings. The fraction of sp³-hybridized carbons (Fsp3) is 0.857. The summed E-state index contributed by atoms with van der Waals surface area (Å²) in [6, 6.07) is -1.30. The molecular weight excluding hydrogens is 274 g/mol. The van der Waals surface area contributed by atoms with E-state index in [1.807, 2.05) is 0 Å². The van der Waals surface area contributed by atoms with E-state index in [4.69, 9.17) is 5.11 Å². The highest BCUT2D eigenvalue weighted by Crippen LogP contribution is 2.20. The molecule has 0 aromatic carbocycles. The van der Waals surface area contributed by atoms with E-state index >= 15 is 0 Å². The Morgan fingerprint density at radius 2 is 1.95 bits per heavy atom. The molecule has 7 heteroatoms. The van der Waals surface area contributed by atoms with Crippen molar-refractivity contribution in [1.29, 1.82) is 0 Å². The number of carbonyl (C=O) groups excluding carboxylic acids is 1. The number of aliphatic carboxylic acids is 1. The standard InChI is InChI=1S/C14H25N3O4/c1-16-6-3-10(4-7-16)2-5-15-14(21)17-9-11(18)8-12(17)13(19)20/h10-12,18H,2-9H2,1H3,(H,15,21)(H,19,20)/t11-,12+/m1/s1. The van der Waals surface area contributed by atoms with Gasteiger partial charge >= 0.3 is 12.0 Å². The number of aliphatic hydroxyl groups excluding tert-OH is 1. The molecule has 2 rings (SSSR count). The first-order valence-corrected chi connectivity index (χ1v) is 7.61. The number of piperidine rings is 1. The van der Waals surface area contributed by atoms with Gasteiger partial charge in [-0.3, -0.25) is 0 Å². The number of rotatable bonds is 4. The van der Waals surface area contributed by atoms with E-state index in [0.717, 1.165) is 32.4 Å². The minimum absolute atomic E-state index is 0.0943. The molecule has 0 bridgehead atoms. The van der Waals surface area contributed by atoms with Crippen molar-refractivity contribution < 1.29 is 19.8 Å². The second kappa shape index (κ2) is 7.09. The third kappa shape index (κ3) is 4.31. The van der Waals surface area contributed by atoms with Crippen LogP contribution >= 0.6 is 0 Å². The van der Waals surface area contributed by atoms with Gasteiger partial charge in [-0.15, -0.1) is 0 Å². The second-order valence-corrected chi connectivity index (χ2v) is 6.16. The van der Waals surface area contributed by atoms with Crippen LogP contribution in [0.5, 0.6) is 0 Å². The number of aliphatic hydroxyl groups is 1. The quantitative estimate of drug-likeness (QED) is 0.677. The normalized spacial score (nSPS) is 27.8. The molecule has 2 amide bonds. The largest absolute Gasteiger partial charge is 0.480 e. The molecular formula is C14H25N3O4. The van der Waals surface area contributed by atoms with Crippen molar-refractivity contribution in [2.24, 2.45) is 5.92 Å². The third-order valence-electron chi connectivity index (χ3n) is 4.49. The summed E-state index contributed by atoms with van der Waals surface area (Å²) in [6.07, 6.45) is 2.58. The molecule has 2 fully saturated rings. The second-order valence-electron chi connectivity index (χ2n) is 6.16. The highest BCUT2D eigenvalue weighted by molar-refractivity contribution is 5.83. The number of nitrogens with one attached hydrogen (secondary N) is 1. The summed E-state index contributed by atoms with van der Waals surface area (Å²) in [5, 5.41) is 21.4. The number of amides is 2. The molecule has 0 unspecified atom stereocenters. The van der Waals surface area contributed by atoms with Gasteiger partial charge in [0.1, 0.15) is 6.04 Å². The maximum Gasteiger partial charge on any atom is 0.326 e. The lowest BCUT2D eigenvalue weighted by Crippen LogP contribution is -2.46. The van der Waals surface area contributed by atoms with Gasteiger partial charge < -0.3 is 25.3 Å². The van der Waals surface area contributed by atoms with Gasteiger partial charge in [-0.05, 0) is 45.3 Å². The van der Waals surface area contributed by atoms with Gasteiger partial charge in [-0.25, -0.2) is 9.59 Å². The molecule has 3 N–H and O–H groups in total. The zero-order chi connectivity index (χ0) is 15.4. The average Bonchev–Trinajstić information content (AvgIpc) is 2.83. The molecule has 2 heterocycles. The monoisotopic (exact) mass is 299 g/mol. The lowest BCUT2D eigenvalue weighted by molar-refractivity contribution is -0.141. The summed E-state index contributed by atoms with van der Waals surface area (Å²) < 4.78 is 0. The highest BCUT2D eigenvalue weighted by atomic mass is 16.4. The minimum Gasteiger partial charge on any atom is -0.480 e. The van der Waals surface area contributed by atoms with Crippen molar-refractivity contribution in [2.45, 2.75) is 37.8 Å². The maximum absolute atomic E-state index is 12.0. The Kier molecular flexibility index (Phi) is 5.41. The van der Waals surface area contributed by atoms with Gasteiger partial charge in [0.2, 0.25) is 0 Å². The Morgan fingerprint density at radius 3 is 2.57 bits per heavy atom. The minimum atomic E-state index is -1.06. The van der Waals surface area contributed by atoms with Gasteiger partial charge in [-0.1, -0.05) is 0 Å². The predicted octanol–water partition coefficient (Wildman–Crippen LogP) is -0.0523. The number of urea groups is 1. The summed E-state index contributed by atoms with van der Waals surface area (Å²) in [4.78, 5) is 26.6. The topological polar surface area (TPSA) is 93.1 Å². The maximum atomic E-state index is 12.0. The third-order valence-corrected chi connectivity index (χ3v) is 4.49. The molecule has 0 aliphatic carbocycles. The van der Waals surface area contributed by atoms with E-state index in [0.29, 0.717) is 12.5 Å². The van der Waals surface area contributed by atoms with Crippen molar-refractivity contribution in [3.63, 3.8) is 0 Å². The van der Waals surface area contributed by atoms with Crippen molar-refractivity contribution in [1.82, 2.24) is 15.1 Å². The van der Waals surface area contributed by atoms with Crippen LogP contribution in [0.2, 0.25) is 0 Å². The Hall–Kier alpha value is -1.34. The van der Waals surface area contributed by atoms with Crippen LogP contribution < -0.4 is 5.32 Å². The first kappa shape index (κ1) is 16.0. The van der Waals surface area contributed by atoms with Crippen molar-refractivity contribution in [3.8, 4) is 0 Å². The van der Waals surface area contributed by atoms with Crippen LogP contribution in [-0.4, -0.2) is 77.4 Å². The lowest BCUT2D eigenvalue weighted by Gasteiger charge is -2.29. The first-order valence-electron chi connectivity index (χ1n) is 7.61. The van der Waals surface area contributed by atoms with Gasteiger partial charge in [0.15, 0.2) is 0 Å². The van der Waals surface area contributed by atoms with Crippen LogP contribution in [0.1, 0.15) is 25.7 Å². The fourth-order valence-corrected chi connectivity index (χ4v) is 3.11. The van der Waals surface area contributed by atoms with Crippen LogP contribution in [0.3, 0.4) is 0 Å². The van der Waals surface area contributed by atoms with E-state index in [9.17, 15) is 14.7 Å². The van der Waals surface area contributed by atoms with E-state index in [1.165, 1.54) is 4.90 Å². The summed E-state index contributed by atoms with van der Waals surface area (Å²) in [5.74, 6) is -0.432. The van der Waals surface area contributed by atoms with Crippen LogP contribution in [0.15, 0.2) is 0 Å². The lowest BCUT2D eigenvalue weighted by atomic mass is 9.94. The number of likely N-dealkylation sites (tertiary alicyclic amines) is 2. The van der Waals surface area contributed by atoms with Crippen molar-refractivity contribution in [3.05, 3.63) is 0 Å². The molecule has 0 spiro atoms. The summed E-state index contributed by atoms with van der Waals surface area (Å²) in [7, 11) is 2.11. The fourth-order valence-electron chi connectivity index (χ4n) is 3.11. The Morgan fingerprint density at radius 1 is 1.29 bits per heavy atom. The number of carboxylic acid groups (broad SMARTS) is 1. The Bertz CT molecular complexity index is 382. The van der Waals surface area contributed by atoms with E-state index in [2.05, 4.69) is 17.3 Å². The number of carbonyl (C=O) groups is 2. The van der Waals surface area contributed by atoms with Crippen LogP contribution in [0.4, 0.5) is 4.79 Å². The van der Waals surface area contributed by atoms with Crippen molar-refractivity contribution >= 4 is 12.0 Å². The van der Waals surface area contributed by atoms with Gasteiger partial charge in [0, 0.05) is 19.5 Å². The van der Waals surface area contributed by atoms with E-state index in [-0.39, 0.29) is 19.0 Å². The van der Waals surface area contributed by atoms with Gasteiger partial charge in [-0.2, -0.15) is 0 Å². The van der Waals surface area contributed by atoms with E-state index < -0.39 is 18.1 Å². The molecule has 0 aromatic rings. The van der Waals surface area contributed by atoms with Crippen LogP contribution in [0, 0.1) is 5.92 Å². The Labute approximate surface area is 124 Å². The summed E-state index contributed by atoms with van der Waals surface area (Å²) in [5.41, 5.74) is 0. The molecule has 2 aliphatic heterocycles. The molecule has 0 saturated carbocycles. The molecule has 21 heavy (non-hydrogen) atoms. The zero-order valence-electron chi connectivity index (χ0n) is 12.5.